The zero-order chi connectivity index (χ0) is 26.6. The molecule has 1 saturated carbocycles. The van der Waals surface area contributed by atoms with Crippen molar-refractivity contribution in [3.63, 3.8) is 0 Å². The molecular formula is C27H35F3N4O3. The minimum Gasteiger partial charge on any atom is -0.385 e. The molecule has 0 unspecified atom stereocenters. The lowest BCUT2D eigenvalue weighted by Crippen LogP contribution is -2.53. The van der Waals surface area contributed by atoms with E-state index in [1.165, 1.54) is 10.6 Å². The Labute approximate surface area is 215 Å². The number of urea groups is 1. The van der Waals surface area contributed by atoms with Crippen molar-refractivity contribution in [3.05, 3.63) is 69.1 Å². The number of aromatic nitrogens is 1. The molecule has 37 heavy (non-hydrogen) atoms. The van der Waals surface area contributed by atoms with Crippen molar-refractivity contribution in [2.45, 2.75) is 62.8 Å². The highest BCUT2D eigenvalue weighted by Gasteiger charge is 2.36. The first-order valence-electron chi connectivity index (χ1n) is 12.8. The number of rotatable bonds is 9. The van der Waals surface area contributed by atoms with Crippen LogP contribution in [0.2, 0.25) is 0 Å². The maximum Gasteiger partial charge on any atom is 0.416 e. The van der Waals surface area contributed by atoms with Crippen molar-refractivity contribution in [1.82, 2.24) is 20.1 Å². The molecule has 1 aromatic carbocycles. The van der Waals surface area contributed by atoms with E-state index in [2.05, 4.69) is 10.6 Å². The summed E-state index contributed by atoms with van der Waals surface area (Å²) in [5, 5.41) is 6.42. The standard InChI is InChI=1S/C27H35F3N4O3/c1-33-10-8-20(15-25(33)35)23-7-9-31-16-24(23)32-26(36)34(22-5-6-22)17-19-12-18(4-3-11-37-2)13-21(14-19)27(28,29)30/h8,10,12-15,22-24,31H,3-7,9,11,16-17H2,1-2H3,(H,32,36)/t23-,24+/m0/s1. The first-order chi connectivity index (χ1) is 17.7. The molecule has 2 amide bonds. The molecule has 2 N–H and O–H groups in total. The second-order valence-corrected chi connectivity index (χ2v) is 10.1. The predicted molar refractivity (Wildman–Crippen MR) is 134 cm³/mol. The third kappa shape index (κ3) is 7.13. The summed E-state index contributed by atoms with van der Waals surface area (Å²) in [7, 11) is 3.26. The van der Waals surface area contributed by atoms with E-state index in [4.69, 9.17) is 4.74 Å². The summed E-state index contributed by atoms with van der Waals surface area (Å²) in [6.45, 7) is 1.90. The van der Waals surface area contributed by atoms with Gasteiger partial charge in [-0.05, 0) is 73.5 Å². The molecule has 2 atom stereocenters. The molecule has 2 aromatic rings. The summed E-state index contributed by atoms with van der Waals surface area (Å²) >= 11 is 0. The van der Waals surface area contributed by atoms with Gasteiger partial charge < -0.3 is 24.8 Å². The fourth-order valence-electron chi connectivity index (χ4n) is 4.98. The van der Waals surface area contributed by atoms with E-state index in [-0.39, 0.29) is 36.1 Å². The Kier molecular flexibility index (Phi) is 8.59. The minimum absolute atomic E-state index is 0.00510. The maximum atomic E-state index is 13.6. The van der Waals surface area contributed by atoms with Crippen LogP contribution in [0.25, 0.3) is 0 Å². The summed E-state index contributed by atoms with van der Waals surface area (Å²) in [5.74, 6) is -0.0268. The van der Waals surface area contributed by atoms with E-state index in [1.54, 1.807) is 37.4 Å². The van der Waals surface area contributed by atoms with Gasteiger partial charge in [0.05, 0.1) is 5.56 Å². The Morgan fingerprint density at radius 1 is 1.19 bits per heavy atom. The number of hydrogen-bond acceptors (Lipinski definition) is 4. The molecule has 2 fully saturated rings. The zero-order valence-electron chi connectivity index (χ0n) is 21.3. The molecule has 0 bridgehead atoms. The van der Waals surface area contributed by atoms with Crippen LogP contribution in [0.5, 0.6) is 0 Å². The molecule has 202 valence electrons. The molecule has 2 heterocycles. The van der Waals surface area contributed by atoms with E-state index < -0.39 is 11.7 Å². The van der Waals surface area contributed by atoms with E-state index in [0.29, 0.717) is 37.1 Å². The highest BCUT2D eigenvalue weighted by atomic mass is 19.4. The summed E-state index contributed by atoms with van der Waals surface area (Å²) in [6.07, 6.45) is 0.761. The van der Waals surface area contributed by atoms with Crippen LogP contribution in [0, 0.1) is 0 Å². The first kappa shape index (κ1) is 27.2. The Bertz CT molecular complexity index is 1150. The number of alkyl halides is 3. The zero-order valence-corrected chi connectivity index (χ0v) is 21.3. The van der Waals surface area contributed by atoms with Crippen LogP contribution in [0.3, 0.4) is 0 Å². The van der Waals surface area contributed by atoms with Crippen LogP contribution in [0.15, 0.2) is 41.3 Å². The van der Waals surface area contributed by atoms with Crippen molar-refractivity contribution < 1.29 is 22.7 Å². The van der Waals surface area contributed by atoms with Crippen LogP contribution in [0.1, 0.15) is 53.9 Å². The van der Waals surface area contributed by atoms with Crippen molar-refractivity contribution in [3.8, 4) is 0 Å². The molecule has 1 saturated heterocycles. The topological polar surface area (TPSA) is 75.6 Å². The summed E-state index contributed by atoms with van der Waals surface area (Å²) in [5.41, 5.74) is 1.13. The number of aryl methyl sites for hydroxylation is 2. The van der Waals surface area contributed by atoms with E-state index in [0.717, 1.165) is 37.4 Å². The number of nitrogens with one attached hydrogen (secondary N) is 2. The van der Waals surface area contributed by atoms with Gasteiger partial charge in [-0.2, -0.15) is 13.2 Å². The molecule has 1 aliphatic carbocycles. The first-order valence-corrected chi connectivity index (χ1v) is 12.8. The highest BCUT2D eigenvalue weighted by Crippen LogP contribution is 2.34. The van der Waals surface area contributed by atoms with E-state index in [1.807, 2.05) is 6.07 Å². The lowest BCUT2D eigenvalue weighted by molar-refractivity contribution is -0.137. The molecule has 1 aromatic heterocycles. The molecule has 0 spiro atoms. The van der Waals surface area contributed by atoms with Gasteiger partial charge in [-0.25, -0.2) is 4.79 Å². The Morgan fingerprint density at radius 3 is 2.62 bits per heavy atom. The van der Waals surface area contributed by atoms with Gasteiger partial charge >= 0.3 is 12.2 Å². The number of hydrogen-bond donors (Lipinski definition) is 2. The number of benzene rings is 1. The normalized spacial score (nSPS) is 20.0. The fraction of sp³-hybridized carbons (Fsp3) is 0.556. The molecule has 2 aliphatic rings. The second kappa shape index (κ2) is 11.7. The largest absolute Gasteiger partial charge is 0.416 e. The van der Waals surface area contributed by atoms with Gasteiger partial charge in [0.15, 0.2) is 0 Å². The SMILES string of the molecule is COCCCc1cc(CN(C(=O)N[C@@H]2CNCC[C@H]2c2ccn(C)c(=O)c2)C2CC2)cc(C(F)(F)F)c1. The van der Waals surface area contributed by atoms with Crippen LogP contribution < -0.4 is 16.2 Å². The summed E-state index contributed by atoms with van der Waals surface area (Å²) in [4.78, 5) is 27.3. The molecule has 0 radical (unpaired) electrons. The third-order valence-corrected chi connectivity index (χ3v) is 7.14. The minimum atomic E-state index is -4.47. The number of nitrogens with zero attached hydrogens (tertiary/aromatic N) is 2. The Morgan fingerprint density at radius 2 is 1.95 bits per heavy atom. The number of halogens is 3. The fourth-order valence-corrected chi connectivity index (χ4v) is 4.98. The number of amides is 2. The van der Waals surface area contributed by atoms with Crippen LogP contribution in [0.4, 0.5) is 18.0 Å². The van der Waals surface area contributed by atoms with Crippen LogP contribution in [-0.4, -0.2) is 54.4 Å². The van der Waals surface area contributed by atoms with Crippen LogP contribution in [-0.2, 0) is 30.9 Å². The van der Waals surface area contributed by atoms with Gasteiger partial charge in [-0.1, -0.05) is 6.07 Å². The number of methoxy groups -OCH3 is 1. The second-order valence-electron chi connectivity index (χ2n) is 10.1. The van der Waals surface area contributed by atoms with Crippen molar-refractivity contribution in [2.75, 3.05) is 26.8 Å². The number of piperidine rings is 1. The lowest BCUT2D eigenvalue weighted by Gasteiger charge is -2.35. The number of carbonyl (C=O) groups is 1. The molecular weight excluding hydrogens is 485 g/mol. The summed E-state index contributed by atoms with van der Waals surface area (Å²) in [6, 6.07) is 7.09. The van der Waals surface area contributed by atoms with Gasteiger partial charge in [-0.15, -0.1) is 0 Å². The molecule has 1 aliphatic heterocycles. The van der Waals surface area contributed by atoms with Gasteiger partial charge in [-0.3, -0.25) is 4.79 Å². The Balaban J connectivity index is 1.52. The molecule has 4 rings (SSSR count). The van der Waals surface area contributed by atoms with Gasteiger partial charge in [0, 0.05) is 64.1 Å². The van der Waals surface area contributed by atoms with Gasteiger partial charge in [0.1, 0.15) is 0 Å². The number of ether oxygens (including phenoxy) is 1. The van der Waals surface area contributed by atoms with Crippen molar-refractivity contribution >= 4 is 6.03 Å². The number of pyridine rings is 1. The summed E-state index contributed by atoms with van der Waals surface area (Å²) < 4.78 is 47.4. The quantitative estimate of drug-likeness (QED) is 0.494. The molecule has 7 nitrogen and oxygen atoms in total. The lowest BCUT2D eigenvalue weighted by atomic mass is 9.86. The Hall–Kier alpha value is -2.85. The van der Waals surface area contributed by atoms with Gasteiger partial charge in [0.25, 0.3) is 5.56 Å². The van der Waals surface area contributed by atoms with E-state index >= 15 is 0 Å². The van der Waals surface area contributed by atoms with E-state index in [9.17, 15) is 22.8 Å². The monoisotopic (exact) mass is 520 g/mol. The van der Waals surface area contributed by atoms with Crippen molar-refractivity contribution in [2.24, 2.45) is 7.05 Å². The average molecular weight is 521 g/mol. The smallest absolute Gasteiger partial charge is 0.385 e. The number of carbonyl (C=O) groups excluding carboxylic acids is 1. The molecule has 10 heteroatoms. The predicted octanol–water partition coefficient (Wildman–Crippen LogP) is 3.80. The maximum absolute atomic E-state index is 13.6. The average Bonchev–Trinajstić information content (AvgIpc) is 3.69. The van der Waals surface area contributed by atoms with Crippen molar-refractivity contribution in [1.29, 1.82) is 0 Å². The highest BCUT2D eigenvalue weighted by molar-refractivity contribution is 5.75. The third-order valence-electron chi connectivity index (χ3n) is 7.14. The van der Waals surface area contributed by atoms with Crippen LogP contribution >= 0.6 is 0 Å². The van der Waals surface area contributed by atoms with Gasteiger partial charge in [0.2, 0.25) is 0 Å².